The summed E-state index contributed by atoms with van der Waals surface area (Å²) in [5.41, 5.74) is 0.557. The third-order valence-electron chi connectivity index (χ3n) is 33.6. The number of carbonyl (C=O) groups excluding carboxylic acids is 6. The number of aliphatic imine (C=N–C) groups is 1. The number of carbonyl (C=O) groups is 6. The molecule has 21 rings (SSSR count). The number of ketones is 6. The van der Waals surface area contributed by atoms with Gasteiger partial charge in [0.1, 0.15) is 27.8 Å². The van der Waals surface area contributed by atoms with E-state index in [0.29, 0.717) is 68.7 Å². The number of aliphatic hydroxyl groups excluding tert-OH is 3. The molecule has 0 bridgehead atoms. The summed E-state index contributed by atoms with van der Waals surface area (Å²) >= 11 is 4.14. The number of aromatic amines is 1. The first kappa shape index (κ1) is 87.2. The maximum Gasteiger partial charge on any atom is 0.215 e. The quantitative estimate of drug-likeness (QED) is 0.0379. The van der Waals surface area contributed by atoms with E-state index in [1.807, 2.05) is 55.5 Å². The van der Waals surface area contributed by atoms with Gasteiger partial charge in [0.2, 0.25) is 5.88 Å². The summed E-state index contributed by atoms with van der Waals surface area (Å²) in [6.07, 6.45) is 28.4. The number of rotatable bonds is 19. The van der Waals surface area contributed by atoms with Crippen molar-refractivity contribution in [1.82, 2.24) is 39.8 Å². The zero-order valence-electron chi connectivity index (χ0n) is 72.9. The van der Waals surface area contributed by atoms with Crippen molar-refractivity contribution in [3.05, 3.63) is 131 Å². The molecule has 0 radical (unpaired) electrons. The molecule has 28 heteroatoms. The van der Waals surface area contributed by atoms with Crippen molar-refractivity contribution in [2.24, 2.45) is 90.7 Å². The van der Waals surface area contributed by atoms with E-state index in [9.17, 15) is 49.2 Å². The summed E-state index contributed by atoms with van der Waals surface area (Å²) in [5.74, 6) is 2.54. The minimum atomic E-state index is -1.51. The van der Waals surface area contributed by atoms with Gasteiger partial charge in [-0.05, 0) is 180 Å². The fourth-order valence-electron chi connectivity index (χ4n) is 27.8. The summed E-state index contributed by atoms with van der Waals surface area (Å²) < 4.78 is 37.3. The van der Waals surface area contributed by atoms with Crippen LogP contribution in [0.4, 0.5) is 0 Å². The average Bonchev–Trinajstić information content (AvgIpc) is 1.53. The third kappa shape index (κ3) is 14.1. The van der Waals surface area contributed by atoms with Gasteiger partial charge in [-0.25, -0.2) is 24.9 Å². The van der Waals surface area contributed by atoms with E-state index in [1.165, 1.54) is 41.6 Å². The molecule has 25 atom stereocenters. The van der Waals surface area contributed by atoms with Crippen LogP contribution in [-0.4, -0.2) is 212 Å². The standard InChI is InChI=1S/C34H41N3O5S.C32H39N3O6S.C31H37N3O5S/c1-32-11-9-22(38)17-21(32)7-8-23-25-10-12-34(41,33(25,2)18-27(39)30(23)32)28(40)20-43-31-24-5-3-4-6-26(24)35-29(36-31)19-37-13-15-42-16-14-37;1-5-6-26-40-24-14-20-19-8-7-17-13-18(36)11-12-30(17,2)27(19)22(37)15-31(20,3)32(24,41-26)23(38)16-42-29-33-21-9-10-25(39-4)34-28(21)35-29;1-4-5-26-38-25-11-21-19-7-6-17-10-18(35)8-9-29(17,2)27(19)23(36)12-30(21,3)31(25,39-26)24(37)15-40-28-20-13-32-14-22(20)33-16-34-28/h3-6,9,11,17,23,25,27,30,39,41H,7-8,10,12-16,18-20H2,1-2H3;9-13,19-20,22,24,26-27,37H,5-8,14-16H2,1-4H3,(H,33,34,35);8-10,13,16,19,21,23,25-27,36H,4-7,11-12,14-15H2,1-3H3/t23?,25?,27-,30?,32?,33?,34-;19?,20?,22-,24+,26+,27?,30?,31?,32+;19?,21?,23-,25+,26+,27?,29?,30?,31+/m000/s1. The highest BCUT2D eigenvalue weighted by Gasteiger charge is 2.78. The van der Waals surface area contributed by atoms with Gasteiger partial charge in [0.25, 0.3) is 0 Å². The number of methoxy groups -OCH3 is 1. The van der Waals surface area contributed by atoms with Gasteiger partial charge in [-0.2, -0.15) is 4.98 Å². The Bertz CT molecular complexity index is 5420. The number of benzene rings is 1. The molecule has 12 aliphatic carbocycles. The average molecular weight is 1760 g/mol. The number of hydrogen-bond donors (Lipinski definition) is 5. The van der Waals surface area contributed by atoms with E-state index in [0.717, 1.165) is 157 Å². The first-order valence-electron chi connectivity index (χ1n) is 45.5. The molecule has 3 saturated heterocycles. The minimum absolute atomic E-state index is 0.00962. The van der Waals surface area contributed by atoms with Gasteiger partial charge < -0.3 is 53.8 Å². The van der Waals surface area contributed by atoms with E-state index in [4.69, 9.17) is 38.4 Å². The van der Waals surface area contributed by atoms with Crippen LogP contribution in [0.2, 0.25) is 0 Å². The number of morpholine rings is 1. The zero-order chi connectivity index (χ0) is 87.3. The Kier molecular flexibility index (Phi) is 23.0. The molecule has 5 N–H and O–H groups in total. The fraction of sp³-hybridized carbons (Fsp3) is 0.619. The normalized spacial score (nSPS) is 40.1. The van der Waals surface area contributed by atoms with Gasteiger partial charge in [0.05, 0.1) is 97.9 Å². The second-order valence-electron chi connectivity index (χ2n) is 39.7. The number of fused-ring (bicyclic) bond motifs is 22. The monoisotopic (exact) mass is 1760 g/mol. The van der Waals surface area contributed by atoms with Crippen molar-refractivity contribution < 1.29 is 77.6 Å². The van der Waals surface area contributed by atoms with Crippen molar-refractivity contribution >= 4 is 98.3 Å². The van der Waals surface area contributed by atoms with Crippen LogP contribution < -0.4 is 4.74 Å². The summed E-state index contributed by atoms with van der Waals surface area (Å²) in [5, 5.41) is 50.8. The highest BCUT2D eigenvalue weighted by atomic mass is 32.2. The van der Waals surface area contributed by atoms with Gasteiger partial charge in [0, 0.05) is 86.6 Å². The molecule has 0 amide bonds. The Morgan fingerprint density at radius 2 is 1.12 bits per heavy atom. The maximum absolute atomic E-state index is 14.5. The molecular weight excluding hydrogens is 1640 g/mol. The number of allylic oxidation sites excluding steroid dienone is 12. The highest BCUT2D eigenvalue weighted by Crippen LogP contribution is 2.73. The number of nitrogens with zero attached hydrogens (tertiary/aromatic N) is 8. The van der Waals surface area contributed by atoms with Crippen LogP contribution in [0.25, 0.3) is 22.1 Å². The van der Waals surface area contributed by atoms with Crippen LogP contribution >= 0.6 is 35.3 Å². The van der Waals surface area contributed by atoms with Crippen molar-refractivity contribution in [2.45, 2.75) is 253 Å². The molecular formula is C97H117N9O16S3. The number of nitrogens with one attached hydrogen (secondary N) is 1. The van der Waals surface area contributed by atoms with E-state index in [1.54, 1.807) is 55.8 Å². The van der Waals surface area contributed by atoms with Gasteiger partial charge in [-0.3, -0.25) is 38.7 Å². The van der Waals surface area contributed by atoms with Crippen LogP contribution in [0.15, 0.2) is 134 Å². The van der Waals surface area contributed by atoms with Gasteiger partial charge >= 0.3 is 0 Å². The van der Waals surface area contributed by atoms with Crippen molar-refractivity contribution in [1.29, 1.82) is 0 Å². The molecule has 15 unspecified atom stereocenters. The van der Waals surface area contributed by atoms with E-state index in [2.05, 4.69) is 83.3 Å². The van der Waals surface area contributed by atoms with E-state index in [-0.39, 0.29) is 134 Å². The molecule has 4 aliphatic heterocycles. The van der Waals surface area contributed by atoms with Crippen LogP contribution in [0.1, 0.15) is 182 Å². The fourth-order valence-corrected chi connectivity index (χ4v) is 30.6. The number of thioether (sulfide) groups is 3. The Morgan fingerprint density at radius 3 is 1.67 bits per heavy atom. The van der Waals surface area contributed by atoms with E-state index < -0.39 is 63.9 Å². The molecule has 5 aromatic rings. The molecule has 125 heavy (non-hydrogen) atoms. The lowest BCUT2D eigenvalue weighted by Crippen LogP contribution is -2.63. The van der Waals surface area contributed by atoms with Crippen LogP contribution in [0, 0.1) is 85.8 Å². The topological polar surface area (TPSA) is 347 Å². The summed E-state index contributed by atoms with van der Waals surface area (Å²) in [6, 6.07) is 11.5. The lowest BCUT2D eigenvalue weighted by molar-refractivity contribution is -0.197. The number of para-hydroxylation sites is 1. The number of H-pyrrole nitrogens is 1. The molecule has 8 heterocycles. The maximum atomic E-state index is 14.5. The summed E-state index contributed by atoms with van der Waals surface area (Å²) in [6.45, 7) is 21.3. The van der Waals surface area contributed by atoms with Crippen LogP contribution in [0.5, 0.6) is 5.88 Å². The second-order valence-corrected chi connectivity index (χ2v) is 42.6. The Morgan fingerprint density at radius 1 is 0.600 bits per heavy atom. The van der Waals surface area contributed by atoms with Crippen LogP contribution in [0.3, 0.4) is 0 Å². The predicted octanol–water partition coefficient (Wildman–Crippen LogP) is 13.2. The number of pyridine rings is 1. The van der Waals surface area contributed by atoms with Gasteiger partial charge in [0.15, 0.2) is 69.3 Å². The molecule has 0 spiro atoms. The van der Waals surface area contributed by atoms with Gasteiger partial charge in [-0.1, -0.05) is 157 Å². The Hall–Kier alpha value is -7.16. The molecule has 4 aromatic heterocycles. The SMILES string of the molecule is CC12C=CC(=O)C=C1CCC1C2[C@@H](O)CC2(C)C1CC[C@]2(O)C(=O)CSc1nc(CN2CCOCC2)nc2ccccc12.CCC[C@@H]1O[C@@H]2CC3C4CCC5=CC(=O)C=CC5(C)C4[C@@H](O)CC3(C)[C@]2(C(=O)CSc2nc3nc(OC)ccc3[nH]2)O1.CCC[C@@H]1O[C@@H]2CC3C4CCC5=CC(=O)C=CC5(C)C4[C@@H](O)CC3(C)[C@]2(C(=O)CSc2ncnc3c2C=NC3)O1. The Labute approximate surface area is 742 Å². The molecule has 1 aromatic carbocycles. The lowest BCUT2D eigenvalue weighted by atomic mass is 9.46. The number of hydrogen-bond acceptors (Lipinski definition) is 27. The smallest absolute Gasteiger partial charge is 0.215 e. The van der Waals surface area contributed by atoms with Gasteiger partial charge in [-0.15, -0.1) is 0 Å². The second kappa shape index (κ2) is 33.0. The number of ether oxygens (including phenoxy) is 6. The number of aromatic nitrogens is 7. The third-order valence-corrected chi connectivity index (χ3v) is 36.4. The van der Waals surface area contributed by atoms with Crippen molar-refractivity contribution in [3.8, 4) is 5.88 Å². The zero-order valence-corrected chi connectivity index (χ0v) is 75.4. The first-order valence-corrected chi connectivity index (χ1v) is 48.5. The molecule has 664 valence electrons. The van der Waals surface area contributed by atoms with E-state index >= 15 is 0 Å². The molecule has 9 saturated carbocycles. The molecule has 25 nitrogen and oxygen atoms in total. The van der Waals surface area contributed by atoms with Crippen molar-refractivity contribution in [3.63, 3.8) is 0 Å². The minimum Gasteiger partial charge on any atom is -0.481 e. The largest absolute Gasteiger partial charge is 0.481 e. The highest BCUT2D eigenvalue weighted by molar-refractivity contribution is 8.00. The van der Waals surface area contributed by atoms with Crippen molar-refractivity contribution in [2.75, 3.05) is 50.7 Å². The Balaban J connectivity index is 0.000000123. The molecule has 16 aliphatic rings. The predicted molar refractivity (Wildman–Crippen MR) is 471 cm³/mol. The number of Topliss-reactive ketones (excluding diaryl/α,β-unsaturated/α-hetero) is 3. The molecule has 12 fully saturated rings. The van der Waals surface area contributed by atoms with Crippen LogP contribution in [-0.2, 0) is 65.5 Å². The first-order chi connectivity index (χ1) is 60.0. The summed E-state index contributed by atoms with van der Waals surface area (Å²) in [4.78, 5) is 117. The number of imidazole rings is 1. The lowest BCUT2D eigenvalue weighted by Gasteiger charge is -2.59. The summed E-state index contributed by atoms with van der Waals surface area (Å²) in [7, 11) is 1.57. The number of aliphatic hydroxyl groups is 4.